The predicted octanol–water partition coefficient (Wildman–Crippen LogP) is 4.03. The smallest absolute Gasteiger partial charge is 0.191 e. The van der Waals surface area contributed by atoms with Crippen LogP contribution < -0.4 is 15.6 Å². The fraction of sp³-hybridized carbons (Fsp3) is 0.176. The number of rotatable bonds is 4. The van der Waals surface area contributed by atoms with Gasteiger partial charge in [0.05, 0.1) is 6.21 Å². The number of thiocarbonyl (C=S) groups is 1. The number of aryl methyl sites for hydroxylation is 1. The largest absolute Gasteiger partial charge is 0.378 e. The van der Waals surface area contributed by atoms with Crippen LogP contribution in [0.15, 0.2) is 47.6 Å². The standard InChI is InChI=1S/C17H19ClN4S/c1-12-10-14(18)6-9-16(12)20-17(23)21-19-11-13-4-7-15(8-5-13)22(2)3/h4-11H,1-3H3,(H2,20,21,23)/b19-11+. The fourth-order valence-corrected chi connectivity index (χ4v) is 2.33. The van der Waals surface area contributed by atoms with Gasteiger partial charge in [-0.1, -0.05) is 23.7 Å². The minimum absolute atomic E-state index is 0.427. The van der Waals surface area contributed by atoms with E-state index in [2.05, 4.69) is 15.8 Å². The van der Waals surface area contributed by atoms with Gasteiger partial charge in [0.25, 0.3) is 0 Å². The lowest BCUT2D eigenvalue weighted by atomic mass is 10.2. The number of benzene rings is 2. The molecule has 0 saturated carbocycles. The molecule has 6 heteroatoms. The minimum Gasteiger partial charge on any atom is -0.378 e. The van der Waals surface area contributed by atoms with E-state index in [4.69, 9.17) is 23.8 Å². The van der Waals surface area contributed by atoms with E-state index >= 15 is 0 Å². The highest BCUT2D eigenvalue weighted by Gasteiger charge is 2.01. The minimum atomic E-state index is 0.427. The Balaban J connectivity index is 1.90. The molecule has 0 aliphatic heterocycles. The molecule has 0 saturated heterocycles. The topological polar surface area (TPSA) is 39.7 Å². The van der Waals surface area contributed by atoms with Gasteiger partial charge in [0, 0.05) is 30.5 Å². The van der Waals surface area contributed by atoms with E-state index in [0.29, 0.717) is 10.1 Å². The van der Waals surface area contributed by atoms with Gasteiger partial charge in [-0.3, -0.25) is 5.43 Å². The van der Waals surface area contributed by atoms with Crippen molar-refractivity contribution in [2.75, 3.05) is 24.3 Å². The summed E-state index contributed by atoms with van der Waals surface area (Å²) >= 11 is 11.2. The Morgan fingerprint density at radius 2 is 1.87 bits per heavy atom. The van der Waals surface area contributed by atoms with Gasteiger partial charge in [-0.25, -0.2) is 0 Å². The van der Waals surface area contributed by atoms with Crippen molar-refractivity contribution in [2.24, 2.45) is 5.10 Å². The molecule has 120 valence electrons. The van der Waals surface area contributed by atoms with E-state index in [-0.39, 0.29) is 0 Å². The van der Waals surface area contributed by atoms with Crippen LogP contribution in [-0.2, 0) is 0 Å². The van der Waals surface area contributed by atoms with Gasteiger partial charge in [0.1, 0.15) is 0 Å². The first-order chi connectivity index (χ1) is 11.0. The Labute approximate surface area is 147 Å². The molecule has 0 radical (unpaired) electrons. The van der Waals surface area contributed by atoms with Gasteiger partial charge in [0.2, 0.25) is 0 Å². The third-order valence-electron chi connectivity index (χ3n) is 3.23. The van der Waals surface area contributed by atoms with Crippen LogP contribution in [0, 0.1) is 6.92 Å². The lowest BCUT2D eigenvalue weighted by Gasteiger charge is -2.12. The van der Waals surface area contributed by atoms with Crippen molar-refractivity contribution in [1.82, 2.24) is 5.43 Å². The van der Waals surface area contributed by atoms with Crippen molar-refractivity contribution in [3.8, 4) is 0 Å². The summed E-state index contributed by atoms with van der Waals surface area (Å²) < 4.78 is 0. The molecular formula is C17H19ClN4S. The highest BCUT2D eigenvalue weighted by atomic mass is 35.5. The van der Waals surface area contributed by atoms with Crippen LogP contribution in [-0.4, -0.2) is 25.4 Å². The molecule has 0 amide bonds. The second-order valence-electron chi connectivity index (χ2n) is 5.27. The van der Waals surface area contributed by atoms with Crippen molar-refractivity contribution in [3.63, 3.8) is 0 Å². The maximum absolute atomic E-state index is 5.93. The van der Waals surface area contributed by atoms with E-state index in [1.165, 1.54) is 0 Å². The van der Waals surface area contributed by atoms with Crippen molar-refractivity contribution in [3.05, 3.63) is 58.6 Å². The summed E-state index contributed by atoms with van der Waals surface area (Å²) in [4.78, 5) is 2.05. The molecule has 0 atom stereocenters. The molecule has 0 heterocycles. The number of hydrogen-bond acceptors (Lipinski definition) is 3. The molecular weight excluding hydrogens is 328 g/mol. The number of hydrogen-bond donors (Lipinski definition) is 2. The lowest BCUT2D eigenvalue weighted by molar-refractivity contribution is 1.05. The van der Waals surface area contributed by atoms with Crippen molar-refractivity contribution in [2.45, 2.75) is 6.92 Å². The molecule has 0 aromatic heterocycles. The molecule has 2 rings (SSSR count). The summed E-state index contributed by atoms with van der Waals surface area (Å²) in [6.45, 7) is 1.96. The normalized spacial score (nSPS) is 10.6. The van der Waals surface area contributed by atoms with Gasteiger partial charge in [-0.2, -0.15) is 5.10 Å². The van der Waals surface area contributed by atoms with E-state index in [1.807, 2.05) is 68.4 Å². The number of halogens is 1. The van der Waals surface area contributed by atoms with E-state index in [1.54, 1.807) is 6.21 Å². The maximum atomic E-state index is 5.93. The van der Waals surface area contributed by atoms with Gasteiger partial charge < -0.3 is 10.2 Å². The van der Waals surface area contributed by atoms with Crippen LogP contribution in [0.5, 0.6) is 0 Å². The second kappa shape index (κ2) is 7.94. The third kappa shape index (κ3) is 5.23. The molecule has 0 bridgehead atoms. The van der Waals surface area contributed by atoms with Crippen LogP contribution >= 0.6 is 23.8 Å². The van der Waals surface area contributed by atoms with Gasteiger partial charge >= 0.3 is 0 Å². The monoisotopic (exact) mass is 346 g/mol. The molecule has 0 aliphatic rings. The van der Waals surface area contributed by atoms with Crippen LogP contribution in [0.2, 0.25) is 5.02 Å². The van der Waals surface area contributed by atoms with Crippen molar-refractivity contribution < 1.29 is 0 Å². The zero-order chi connectivity index (χ0) is 16.8. The molecule has 23 heavy (non-hydrogen) atoms. The highest BCUT2D eigenvalue weighted by molar-refractivity contribution is 7.80. The summed E-state index contributed by atoms with van der Waals surface area (Å²) in [5.74, 6) is 0. The summed E-state index contributed by atoms with van der Waals surface area (Å²) in [5.41, 5.74) is 6.86. The average molecular weight is 347 g/mol. The van der Waals surface area contributed by atoms with Crippen LogP contribution in [0.3, 0.4) is 0 Å². The predicted molar refractivity (Wildman–Crippen MR) is 104 cm³/mol. The molecule has 4 nitrogen and oxygen atoms in total. The Bertz CT molecular complexity index is 711. The lowest BCUT2D eigenvalue weighted by Crippen LogP contribution is -2.24. The maximum Gasteiger partial charge on any atom is 0.191 e. The Hall–Kier alpha value is -2.11. The zero-order valence-corrected chi connectivity index (χ0v) is 14.9. The first-order valence-corrected chi connectivity index (χ1v) is 7.88. The van der Waals surface area contributed by atoms with E-state index < -0.39 is 0 Å². The Morgan fingerprint density at radius 1 is 1.17 bits per heavy atom. The SMILES string of the molecule is Cc1cc(Cl)ccc1NC(=S)N/N=C/c1ccc(N(C)C)cc1. The summed E-state index contributed by atoms with van der Waals surface area (Å²) in [7, 11) is 4.01. The van der Waals surface area contributed by atoms with Crippen molar-refractivity contribution >= 4 is 46.5 Å². The van der Waals surface area contributed by atoms with Crippen molar-refractivity contribution in [1.29, 1.82) is 0 Å². The molecule has 0 fully saturated rings. The number of hydrazone groups is 1. The number of nitrogens with zero attached hydrogens (tertiary/aromatic N) is 2. The molecule has 2 N–H and O–H groups in total. The highest BCUT2D eigenvalue weighted by Crippen LogP contribution is 2.19. The van der Waals surface area contributed by atoms with Gasteiger partial charge in [-0.05, 0) is 60.6 Å². The Kier molecular flexibility index (Phi) is 5.96. The van der Waals surface area contributed by atoms with E-state index in [0.717, 1.165) is 22.5 Å². The third-order valence-corrected chi connectivity index (χ3v) is 3.65. The first-order valence-electron chi connectivity index (χ1n) is 7.09. The van der Waals surface area contributed by atoms with Crippen LogP contribution in [0.4, 0.5) is 11.4 Å². The van der Waals surface area contributed by atoms with Crippen LogP contribution in [0.25, 0.3) is 0 Å². The molecule has 0 spiro atoms. The molecule has 0 unspecified atom stereocenters. The molecule has 2 aromatic carbocycles. The zero-order valence-electron chi connectivity index (χ0n) is 13.3. The summed E-state index contributed by atoms with van der Waals surface area (Å²) in [5, 5.41) is 8.36. The van der Waals surface area contributed by atoms with Crippen LogP contribution in [0.1, 0.15) is 11.1 Å². The van der Waals surface area contributed by atoms with E-state index in [9.17, 15) is 0 Å². The molecule has 2 aromatic rings. The molecule has 0 aliphatic carbocycles. The van der Waals surface area contributed by atoms with Gasteiger partial charge in [0.15, 0.2) is 5.11 Å². The number of nitrogens with one attached hydrogen (secondary N) is 2. The summed E-state index contributed by atoms with van der Waals surface area (Å²) in [6, 6.07) is 13.6. The number of anilines is 2. The Morgan fingerprint density at radius 3 is 2.48 bits per heavy atom. The van der Waals surface area contributed by atoms with Gasteiger partial charge in [-0.15, -0.1) is 0 Å². The first kappa shape index (κ1) is 17.2. The quantitative estimate of drug-likeness (QED) is 0.498. The fourth-order valence-electron chi connectivity index (χ4n) is 1.94. The average Bonchev–Trinajstić information content (AvgIpc) is 2.50. The second-order valence-corrected chi connectivity index (χ2v) is 6.11. The summed E-state index contributed by atoms with van der Waals surface area (Å²) in [6.07, 6.45) is 1.72.